The number of carbonyl (C=O) groups excluding carboxylic acids is 1. The Morgan fingerprint density at radius 1 is 1.15 bits per heavy atom. The lowest BCUT2D eigenvalue weighted by Gasteiger charge is -2.18. The van der Waals surface area contributed by atoms with Gasteiger partial charge < -0.3 is 19.2 Å². The average molecular weight is 366 g/mol. The van der Waals surface area contributed by atoms with Gasteiger partial charge in [0.15, 0.2) is 11.5 Å². The van der Waals surface area contributed by atoms with Crippen molar-refractivity contribution in [1.29, 1.82) is 0 Å². The van der Waals surface area contributed by atoms with Gasteiger partial charge in [0.25, 0.3) is 0 Å². The number of likely N-dealkylation sites (N-methyl/N-ethyl adjacent to an activating group) is 1. The molecule has 3 aromatic rings. The minimum Gasteiger partial charge on any atom is -0.459 e. The molecular formula is C21H22N2O4. The fraction of sp³-hybridized carbons (Fsp3) is 0.286. The van der Waals surface area contributed by atoms with E-state index >= 15 is 0 Å². The summed E-state index contributed by atoms with van der Waals surface area (Å²) >= 11 is 0. The molecule has 1 aliphatic rings. The fourth-order valence-electron chi connectivity index (χ4n) is 3.23. The third kappa shape index (κ3) is 3.90. The van der Waals surface area contributed by atoms with E-state index < -0.39 is 0 Å². The molecule has 0 aliphatic carbocycles. The van der Waals surface area contributed by atoms with Crippen LogP contribution < -0.4 is 14.8 Å². The Labute approximate surface area is 157 Å². The van der Waals surface area contributed by atoms with Crippen LogP contribution >= 0.6 is 0 Å². The SMILES string of the molecule is CC(NC(=O)CN(C)Cc1ccc2c(c1)OCO2)c1cc2ccccc2o1. The number of hydrogen-bond acceptors (Lipinski definition) is 5. The summed E-state index contributed by atoms with van der Waals surface area (Å²) in [5.41, 5.74) is 1.90. The second kappa shape index (κ2) is 7.32. The molecule has 4 rings (SSSR count). The summed E-state index contributed by atoms with van der Waals surface area (Å²) in [5, 5.41) is 4.03. The number of nitrogens with zero attached hydrogens (tertiary/aromatic N) is 1. The van der Waals surface area contributed by atoms with Gasteiger partial charge in [0.05, 0.1) is 12.6 Å². The molecule has 1 N–H and O–H groups in total. The predicted octanol–water partition coefficient (Wildman–Crippen LogP) is 3.47. The molecule has 0 bridgehead atoms. The molecule has 0 radical (unpaired) electrons. The summed E-state index contributed by atoms with van der Waals surface area (Å²) in [6.07, 6.45) is 0. The van der Waals surface area contributed by atoms with Crippen LogP contribution in [0.4, 0.5) is 0 Å². The van der Waals surface area contributed by atoms with E-state index in [9.17, 15) is 4.79 Å². The van der Waals surface area contributed by atoms with Crippen molar-refractivity contribution >= 4 is 16.9 Å². The van der Waals surface area contributed by atoms with Crippen molar-refractivity contribution in [2.45, 2.75) is 19.5 Å². The fourth-order valence-corrected chi connectivity index (χ4v) is 3.23. The Balaban J connectivity index is 1.32. The van der Waals surface area contributed by atoms with Gasteiger partial charge >= 0.3 is 0 Å². The second-order valence-corrected chi connectivity index (χ2v) is 6.84. The zero-order chi connectivity index (χ0) is 18.8. The first kappa shape index (κ1) is 17.4. The van der Waals surface area contributed by atoms with Gasteiger partial charge in [-0.3, -0.25) is 9.69 Å². The summed E-state index contributed by atoms with van der Waals surface area (Å²) < 4.78 is 16.5. The molecule has 0 saturated carbocycles. The highest BCUT2D eigenvalue weighted by Gasteiger charge is 2.17. The highest BCUT2D eigenvalue weighted by atomic mass is 16.7. The molecule has 1 unspecified atom stereocenters. The number of amides is 1. The van der Waals surface area contributed by atoms with Crippen LogP contribution in [0, 0.1) is 0 Å². The maximum atomic E-state index is 12.4. The van der Waals surface area contributed by atoms with Gasteiger partial charge in [0.2, 0.25) is 12.7 Å². The average Bonchev–Trinajstić information content (AvgIpc) is 3.27. The predicted molar refractivity (Wildman–Crippen MR) is 102 cm³/mol. The number of nitrogens with one attached hydrogen (secondary N) is 1. The van der Waals surface area contributed by atoms with Crippen molar-refractivity contribution in [2.75, 3.05) is 20.4 Å². The molecule has 140 valence electrons. The Morgan fingerprint density at radius 3 is 2.81 bits per heavy atom. The quantitative estimate of drug-likeness (QED) is 0.724. The molecule has 1 atom stereocenters. The zero-order valence-electron chi connectivity index (χ0n) is 15.4. The van der Waals surface area contributed by atoms with Gasteiger partial charge in [0.1, 0.15) is 11.3 Å². The number of hydrogen-bond donors (Lipinski definition) is 1. The minimum atomic E-state index is -0.191. The molecule has 2 aromatic carbocycles. The molecule has 0 saturated heterocycles. The van der Waals surface area contributed by atoms with Crippen LogP contribution in [0.15, 0.2) is 52.9 Å². The number of rotatable bonds is 6. The van der Waals surface area contributed by atoms with E-state index in [-0.39, 0.29) is 18.7 Å². The molecule has 1 amide bonds. The first-order chi connectivity index (χ1) is 13.1. The third-order valence-electron chi connectivity index (χ3n) is 4.55. The molecule has 1 aliphatic heterocycles. The first-order valence-corrected chi connectivity index (χ1v) is 8.93. The molecule has 0 spiro atoms. The van der Waals surface area contributed by atoms with E-state index in [1.165, 1.54) is 0 Å². The maximum Gasteiger partial charge on any atom is 0.234 e. The van der Waals surface area contributed by atoms with Crippen LogP contribution in [0.1, 0.15) is 24.3 Å². The highest BCUT2D eigenvalue weighted by Crippen LogP contribution is 2.32. The van der Waals surface area contributed by atoms with Crippen molar-refractivity contribution in [2.24, 2.45) is 0 Å². The van der Waals surface area contributed by atoms with E-state index in [0.717, 1.165) is 33.8 Å². The van der Waals surface area contributed by atoms with Crippen molar-refractivity contribution < 1.29 is 18.7 Å². The van der Waals surface area contributed by atoms with Gasteiger partial charge in [-0.2, -0.15) is 0 Å². The Hall–Kier alpha value is -2.99. The lowest BCUT2D eigenvalue weighted by molar-refractivity contribution is -0.122. The van der Waals surface area contributed by atoms with Gasteiger partial charge in [-0.15, -0.1) is 0 Å². The highest BCUT2D eigenvalue weighted by molar-refractivity contribution is 5.80. The Kier molecular flexibility index (Phi) is 4.73. The summed E-state index contributed by atoms with van der Waals surface area (Å²) in [6.45, 7) is 3.12. The lowest BCUT2D eigenvalue weighted by atomic mass is 10.2. The van der Waals surface area contributed by atoms with Crippen molar-refractivity contribution in [3.8, 4) is 11.5 Å². The molecular weight excluding hydrogens is 344 g/mol. The molecule has 27 heavy (non-hydrogen) atoms. The number of para-hydroxylation sites is 1. The number of fused-ring (bicyclic) bond motifs is 2. The number of benzene rings is 2. The molecule has 2 heterocycles. The molecule has 6 heteroatoms. The van der Waals surface area contributed by atoms with E-state index in [2.05, 4.69) is 5.32 Å². The van der Waals surface area contributed by atoms with Crippen LogP contribution in [0.3, 0.4) is 0 Å². The van der Waals surface area contributed by atoms with E-state index in [1.807, 2.05) is 67.4 Å². The monoisotopic (exact) mass is 366 g/mol. The Morgan fingerprint density at radius 2 is 1.96 bits per heavy atom. The topological polar surface area (TPSA) is 63.9 Å². The lowest BCUT2D eigenvalue weighted by Crippen LogP contribution is -2.36. The van der Waals surface area contributed by atoms with Crippen LogP contribution in [-0.2, 0) is 11.3 Å². The standard InChI is InChI=1S/C21H22N2O4/c1-14(19-10-16-5-3-4-6-17(16)27-19)22-21(24)12-23(2)11-15-7-8-18-20(9-15)26-13-25-18/h3-10,14H,11-13H2,1-2H3,(H,22,24). The van der Waals surface area contributed by atoms with Gasteiger partial charge in [-0.05, 0) is 43.8 Å². The van der Waals surface area contributed by atoms with E-state index in [4.69, 9.17) is 13.9 Å². The summed E-state index contributed by atoms with van der Waals surface area (Å²) in [5.74, 6) is 2.22. The normalized spacial score (nSPS) is 13.9. The first-order valence-electron chi connectivity index (χ1n) is 8.93. The van der Waals surface area contributed by atoms with Gasteiger partial charge in [-0.25, -0.2) is 0 Å². The molecule has 6 nitrogen and oxygen atoms in total. The number of ether oxygens (including phenoxy) is 2. The van der Waals surface area contributed by atoms with Crippen LogP contribution in [0.5, 0.6) is 11.5 Å². The number of furan rings is 1. The number of carbonyl (C=O) groups is 1. The van der Waals surface area contributed by atoms with Crippen LogP contribution in [0.25, 0.3) is 11.0 Å². The van der Waals surface area contributed by atoms with E-state index in [0.29, 0.717) is 13.1 Å². The van der Waals surface area contributed by atoms with E-state index in [1.54, 1.807) is 0 Å². The van der Waals surface area contributed by atoms with Gasteiger partial charge in [-0.1, -0.05) is 24.3 Å². The summed E-state index contributed by atoms with van der Waals surface area (Å²) in [4.78, 5) is 14.3. The molecule has 1 aromatic heterocycles. The van der Waals surface area contributed by atoms with Crippen molar-refractivity contribution in [1.82, 2.24) is 10.2 Å². The second-order valence-electron chi connectivity index (χ2n) is 6.84. The van der Waals surface area contributed by atoms with Crippen LogP contribution in [0.2, 0.25) is 0 Å². The Bertz CT molecular complexity index is 933. The third-order valence-corrected chi connectivity index (χ3v) is 4.55. The molecule has 0 fully saturated rings. The largest absolute Gasteiger partial charge is 0.459 e. The smallest absolute Gasteiger partial charge is 0.234 e. The maximum absolute atomic E-state index is 12.4. The van der Waals surface area contributed by atoms with Crippen molar-refractivity contribution in [3.05, 3.63) is 59.9 Å². The summed E-state index contributed by atoms with van der Waals surface area (Å²) in [6, 6.07) is 15.4. The zero-order valence-corrected chi connectivity index (χ0v) is 15.4. The van der Waals surface area contributed by atoms with Gasteiger partial charge in [0, 0.05) is 11.9 Å². The minimum absolute atomic E-state index is 0.0498. The van der Waals surface area contributed by atoms with Crippen LogP contribution in [-0.4, -0.2) is 31.2 Å². The van der Waals surface area contributed by atoms with Crippen molar-refractivity contribution in [3.63, 3.8) is 0 Å². The summed E-state index contributed by atoms with van der Waals surface area (Å²) in [7, 11) is 1.91.